The lowest BCUT2D eigenvalue weighted by Gasteiger charge is -2.31. The molecule has 0 saturated carbocycles. The van der Waals surface area contributed by atoms with Gasteiger partial charge in [0.1, 0.15) is 5.76 Å². The lowest BCUT2D eigenvalue weighted by Crippen LogP contribution is -2.39. The van der Waals surface area contributed by atoms with Crippen LogP contribution in [0.25, 0.3) is 11.5 Å². The quantitative estimate of drug-likeness (QED) is 0.675. The largest absolute Gasteiger partial charge is 0.441 e. The summed E-state index contributed by atoms with van der Waals surface area (Å²) in [5, 5.41) is 0. The molecule has 1 aliphatic heterocycles. The molecule has 2 aromatic carbocycles. The van der Waals surface area contributed by atoms with Crippen LogP contribution in [-0.4, -0.2) is 28.9 Å². The third kappa shape index (κ3) is 3.95. The lowest BCUT2D eigenvalue weighted by molar-refractivity contribution is 0.0683. The Hall–Kier alpha value is -2.88. The van der Waals surface area contributed by atoms with Crippen LogP contribution in [0.4, 0.5) is 0 Å². The molecule has 0 N–H and O–H groups in total. The molecule has 4 heteroatoms. The molecule has 0 bridgehead atoms. The maximum atomic E-state index is 12.9. The highest BCUT2D eigenvalue weighted by Gasteiger charge is 2.27. The van der Waals surface area contributed by atoms with Gasteiger partial charge in [0.25, 0.3) is 5.91 Å². The zero-order chi connectivity index (χ0) is 18.6. The van der Waals surface area contributed by atoms with Crippen molar-refractivity contribution in [2.45, 2.75) is 26.2 Å². The van der Waals surface area contributed by atoms with Crippen molar-refractivity contribution in [2.75, 3.05) is 13.1 Å². The summed E-state index contributed by atoms with van der Waals surface area (Å²) in [5.41, 5.74) is 2.71. The highest BCUT2D eigenvalue weighted by atomic mass is 16.4. The molecule has 0 atom stereocenters. The standard InChI is InChI=1S/C23H24N2O2/c1-17-21(24-22(27-17)20-10-6-3-7-11-20)23(26)25-14-12-19(13-15-25)16-18-8-4-2-5-9-18/h2-11,19H,12-16H2,1H3. The van der Waals surface area contributed by atoms with E-state index in [0.717, 1.165) is 37.9 Å². The van der Waals surface area contributed by atoms with E-state index in [2.05, 4.69) is 35.3 Å². The Morgan fingerprint density at radius 2 is 1.67 bits per heavy atom. The molecule has 1 aromatic heterocycles. The number of amides is 1. The van der Waals surface area contributed by atoms with Crippen LogP contribution in [0.15, 0.2) is 65.1 Å². The molecule has 0 unspecified atom stereocenters. The van der Waals surface area contributed by atoms with E-state index in [9.17, 15) is 4.79 Å². The summed E-state index contributed by atoms with van der Waals surface area (Å²) < 4.78 is 5.75. The normalized spacial score (nSPS) is 15.1. The SMILES string of the molecule is Cc1oc(-c2ccccc2)nc1C(=O)N1CCC(Cc2ccccc2)CC1. The molecule has 0 spiro atoms. The van der Waals surface area contributed by atoms with E-state index >= 15 is 0 Å². The first kappa shape index (κ1) is 17.5. The maximum Gasteiger partial charge on any atom is 0.276 e. The van der Waals surface area contributed by atoms with Crippen LogP contribution < -0.4 is 0 Å². The summed E-state index contributed by atoms with van der Waals surface area (Å²) in [5.74, 6) is 1.71. The minimum atomic E-state index is -0.0170. The van der Waals surface area contributed by atoms with Crippen molar-refractivity contribution < 1.29 is 9.21 Å². The van der Waals surface area contributed by atoms with Crippen molar-refractivity contribution in [1.29, 1.82) is 0 Å². The smallest absolute Gasteiger partial charge is 0.276 e. The summed E-state index contributed by atoms with van der Waals surface area (Å²) in [6, 6.07) is 20.3. The second kappa shape index (κ2) is 7.78. The maximum absolute atomic E-state index is 12.9. The van der Waals surface area contributed by atoms with Crippen molar-refractivity contribution in [3.63, 3.8) is 0 Å². The molecule has 138 valence electrons. The molecule has 1 saturated heterocycles. The summed E-state index contributed by atoms with van der Waals surface area (Å²) in [4.78, 5) is 19.3. The van der Waals surface area contributed by atoms with Crippen molar-refractivity contribution in [2.24, 2.45) is 5.92 Å². The van der Waals surface area contributed by atoms with Gasteiger partial charge in [0.05, 0.1) is 0 Å². The van der Waals surface area contributed by atoms with Crippen LogP contribution in [-0.2, 0) is 6.42 Å². The van der Waals surface area contributed by atoms with Gasteiger partial charge in [0.2, 0.25) is 5.89 Å². The van der Waals surface area contributed by atoms with Crippen LogP contribution in [0.3, 0.4) is 0 Å². The van der Waals surface area contributed by atoms with Crippen LogP contribution in [0.1, 0.15) is 34.7 Å². The molecule has 1 fully saturated rings. The number of nitrogens with zero attached hydrogens (tertiary/aromatic N) is 2. The van der Waals surface area contributed by atoms with Crippen molar-refractivity contribution in [3.05, 3.63) is 77.7 Å². The minimum Gasteiger partial charge on any atom is -0.441 e. The van der Waals surface area contributed by atoms with Gasteiger partial charge in [0.15, 0.2) is 5.69 Å². The van der Waals surface area contributed by atoms with E-state index in [-0.39, 0.29) is 5.91 Å². The lowest BCUT2D eigenvalue weighted by atomic mass is 9.90. The Bertz CT molecular complexity index is 895. The molecule has 1 amide bonds. The summed E-state index contributed by atoms with van der Waals surface area (Å²) >= 11 is 0. The Kier molecular flexibility index (Phi) is 5.05. The highest BCUT2D eigenvalue weighted by molar-refractivity contribution is 5.93. The van der Waals surface area contributed by atoms with Crippen LogP contribution in [0.5, 0.6) is 0 Å². The first-order chi connectivity index (χ1) is 13.2. The summed E-state index contributed by atoms with van der Waals surface area (Å²) in [6.45, 7) is 3.38. The monoisotopic (exact) mass is 360 g/mol. The molecule has 4 rings (SSSR count). The fourth-order valence-corrected chi connectivity index (χ4v) is 3.74. The predicted octanol–water partition coefficient (Wildman–Crippen LogP) is 4.74. The molecular weight excluding hydrogens is 336 g/mol. The number of aryl methyl sites for hydroxylation is 1. The number of oxazole rings is 1. The second-order valence-corrected chi connectivity index (χ2v) is 7.22. The van der Waals surface area contributed by atoms with Gasteiger partial charge < -0.3 is 9.32 Å². The van der Waals surface area contributed by atoms with Gasteiger partial charge in [-0.15, -0.1) is 0 Å². The Labute approximate surface area is 159 Å². The average molecular weight is 360 g/mol. The number of piperidine rings is 1. The van der Waals surface area contributed by atoms with Gasteiger partial charge in [-0.05, 0) is 49.8 Å². The third-order valence-corrected chi connectivity index (χ3v) is 5.29. The third-order valence-electron chi connectivity index (χ3n) is 5.29. The van der Waals surface area contributed by atoms with Gasteiger partial charge >= 0.3 is 0 Å². The molecule has 0 aliphatic carbocycles. The minimum absolute atomic E-state index is 0.0170. The van der Waals surface area contributed by atoms with Crippen molar-refractivity contribution in [3.8, 4) is 11.5 Å². The Morgan fingerprint density at radius 3 is 2.33 bits per heavy atom. The van der Waals surface area contributed by atoms with E-state index < -0.39 is 0 Å². The van der Waals surface area contributed by atoms with Crippen LogP contribution in [0.2, 0.25) is 0 Å². The van der Waals surface area contributed by atoms with E-state index in [0.29, 0.717) is 23.3 Å². The molecule has 27 heavy (non-hydrogen) atoms. The average Bonchev–Trinajstić information content (AvgIpc) is 3.11. The zero-order valence-corrected chi connectivity index (χ0v) is 15.6. The van der Waals surface area contributed by atoms with Gasteiger partial charge in [0, 0.05) is 18.7 Å². The number of carbonyl (C=O) groups excluding carboxylic acids is 1. The second-order valence-electron chi connectivity index (χ2n) is 7.22. The summed E-state index contributed by atoms with van der Waals surface area (Å²) in [7, 11) is 0. The van der Waals surface area contributed by atoms with Gasteiger partial charge in [-0.3, -0.25) is 4.79 Å². The van der Waals surface area contributed by atoms with Gasteiger partial charge in [-0.25, -0.2) is 4.98 Å². The van der Waals surface area contributed by atoms with Gasteiger partial charge in [-0.1, -0.05) is 48.5 Å². The van der Waals surface area contributed by atoms with Crippen LogP contribution >= 0.6 is 0 Å². The van der Waals surface area contributed by atoms with Gasteiger partial charge in [-0.2, -0.15) is 0 Å². The van der Waals surface area contributed by atoms with E-state index in [1.807, 2.05) is 42.2 Å². The van der Waals surface area contributed by atoms with E-state index in [1.165, 1.54) is 5.56 Å². The van der Waals surface area contributed by atoms with Crippen molar-refractivity contribution >= 4 is 5.91 Å². The number of rotatable bonds is 4. The number of hydrogen-bond donors (Lipinski definition) is 0. The fraction of sp³-hybridized carbons (Fsp3) is 0.304. The molecular formula is C23H24N2O2. The Balaban J connectivity index is 1.40. The molecule has 1 aliphatic rings. The molecule has 0 radical (unpaired) electrons. The molecule has 3 aromatic rings. The fourth-order valence-electron chi connectivity index (χ4n) is 3.74. The van der Waals surface area contributed by atoms with E-state index in [1.54, 1.807) is 0 Å². The Morgan fingerprint density at radius 1 is 1.04 bits per heavy atom. The first-order valence-electron chi connectivity index (χ1n) is 9.57. The highest BCUT2D eigenvalue weighted by Crippen LogP contribution is 2.25. The summed E-state index contributed by atoms with van der Waals surface area (Å²) in [6.07, 6.45) is 3.15. The number of likely N-dealkylation sites (tertiary alicyclic amines) is 1. The first-order valence-corrected chi connectivity index (χ1v) is 9.57. The molecule has 4 nitrogen and oxygen atoms in total. The number of carbonyl (C=O) groups is 1. The predicted molar refractivity (Wildman–Crippen MR) is 105 cm³/mol. The number of benzene rings is 2. The zero-order valence-electron chi connectivity index (χ0n) is 15.6. The van der Waals surface area contributed by atoms with Crippen LogP contribution in [0, 0.1) is 12.8 Å². The van der Waals surface area contributed by atoms with E-state index in [4.69, 9.17) is 4.42 Å². The van der Waals surface area contributed by atoms with Crippen molar-refractivity contribution in [1.82, 2.24) is 9.88 Å². The topological polar surface area (TPSA) is 46.3 Å². The number of aromatic nitrogens is 1. The molecule has 2 heterocycles. The number of hydrogen-bond acceptors (Lipinski definition) is 3.